The molecule has 2 aromatic carbocycles. The lowest BCUT2D eigenvalue weighted by Gasteiger charge is -2.29. The van der Waals surface area contributed by atoms with Crippen molar-refractivity contribution in [2.24, 2.45) is 5.92 Å². The number of halogens is 2. The molecule has 0 atom stereocenters. The van der Waals surface area contributed by atoms with Gasteiger partial charge in [0.2, 0.25) is 0 Å². The largest absolute Gasteiger partial charge is 0.207 e. The molecule has 27 heavy (non-hydrogen) atoms. The van der Waals surface area contributed by atoms with Crippen LogP contribution in [0.25, 0.3) is 11.6 Å². The van der Waals surface area contributed by atoms with E-state index in [0.717, 1.165) is 41.0 Å². The van der Waals surface area contributed by atoms with Crippen LogP contribution in [0.2, 0.25) is 0 Å². The molecule has 2 heteroatoms. The van der Waals surface area contributed by atoms with Gasteiger partial charge in [-0.15, -0.1) is 0 Å². The molecule has 0 unspecified atom stereocenters. The monoisotopic (exact) mass is 366 g/mol. The summed E-state index contributed by atoms with van der Waals surface area (Å²) in [6.07, 6.45) is 11.1. The second-order valence-electron chi connectivity index (χ2n) is 8.26. The van der Waals surface area contributed by atoms with E-state index in [9.17, 15) is 8.78 Å². The first-order valence-electron chi connectivity index (χ1n) is 10.4. The number of aryl methyl sites for hydroxylation is 1. The Balaban J connectivity index is 1.53. The minimum absolute atomic E-state index is 0.130. The minimum atomic E-state index is -0.235. The van der Waals surface area contributed by atoms with E-state index in [1.807, 2.05) is 18.2 Å². The topological polar surface area (TPSA) is 0 Å². The molecule has 2 aliphatic carbocycles. The van der Waals surface area contributed by atoms with Gasteiger partial charge in [-0.3, -0.25) is 0 Å². The predicted molar refractivity (Wildman–Crippen MR) is 109 cm³/mol. The average Bonchev–Trinajstić information content (AvgIpc) is 2.68. The summed E-state index contributed by atoms with van der Waals surface area (Å²) in [7, 11) is 0. The molecule has 0 radical (unpaired) electrons. The number of hydrogen-bond donors (Lipinski definition) is 0. The van der Waals surface area contributed by atoms with Crippen molar-refractivity contribution in [3.8, 4) is 0 Å². The predicted octanol–water partition coefficient (Wildman–Crippen LogP) is 7.53. The van der Waals surface area contributed by atoms with Gasteiger partial charge < -0.3 is 0 Å². The van der Waals surface area contributed by atoms with Gasteiger partial charge in [0.1, 0.15) is 11.6 Å². The van der Waals surface area contributed by atoms with Gasteiger partial charge in [0.15, 0.2) is 0 Å². The molecule has 0 nitrogen and oxygen atoms in total. The van der Waals surface area contributed by atoms with Crippen molar-refractivity contribution in [3.05, 3.63) is 70.3 Å². The smallest absolute Gasteiger partial charge is 0.130 e. The molecule has 1 saturated carbocycles. The van der Waals surface area contributed by atoms with Crippen molar-refractivity contribution in [2.45, 2.75) is 64.2 Å². The Hall–Kier alpha value is -1.96. The van der Waals surface area contributed by atoms with Crippen LogP contribution in [-0.4, -0.2) is 0 Å². The fourth-order valence-corrected chi connectivity index (χ4v) is 4.91. The molecular weight excluding hydrogens is 338 g/mol. The Kier molecular flexibility index (Phi) is 5.43. The summed E-state index contributed by atoms with van der Waals surface area (Å²) in [4.78, 5) is 0. The van der Waals surface area contributed by atoms with Crippen LogP contribution >= 0.6 is 0 Å². The normalized spacial score (nSPS) is 22.3. The van der Waals surface area contributed by atoms with Crippen molar-refractivity contribution in [2.75, 3.05) is 0 Å². The van der Waals surface area contributed by atoms with Crippen molar-refractivity contribution in [3.63, 3.8) is 0 Å². The van der Waals surface area contributed by atoms with Crippen molar-refractivity contribution in [1.29, 1.82) is 0 Å². The molecule has 142 valence electrons. The maximum atomic E-state index is 14.9. The molecule has 0 bridgehead atoms. The van der Waals surface area contributed by atoms with E-state index in [-0.39, 0.29) is 11.6 Å². The summed E-state index contributed by atoms with van der Waals surface area (Å²) < 4.78 is 28.5. The zero-order chi connectivity index (χ0) is 18.8. The van der Waals surface area contributed by atoms with Crippen LogP contribution in [0.1, 0.15) is 80.0 Å². The summed E-state index contributed by atoms with van der Waals surface area (Å²) in [6.45, 7) is 2.26. The van der Waals surface area contributed by atoms with E-state index in [2.05, 4.69) is 13.0 Å². The first kappa shape index (κ1) is 18.4. The van der Waals surface area contributed by atoms with E-state index < -0.39 is 0 Å². The van der Waals surface area contributed by atoms with Crippen LogP contribution in [0.4, 0.5) is 8.78 Å². The van der Waals surface area contributed by atoms with E-state index in [1.54, 1.807) is 12.1 Å². The second kappa shape index (κ2) is 7.96. The van der Waals surface area contributed by atoms with Crippen LogP contribution in [0.15, 0.2) is 36.4 Å². The van der Waals surface area contributed by atoms with Crippen LogP contribution in [0, 0.1) is 17.6 Å². The fraction of sp³-hybridized carbons (Fsp3) is 0.440. The van der Waals surface area contributed by atoms with Gasteiger partial charge in [0, 0.05) is 5.56 Å². The quantitative estimate of drug-likeness (QED) is 0.525. The van der Waals surface area contributed by atoms with Crippen LogP contribution in [-0.2, 0) is 6.42 Å². The molecule has 1 fully saturated rings. The second-order valence-corrected chi connectivity index (χ2v) is 8.26. The maximum Gasteiger partial charge on any atom is 0.130 e. The van der Waals surface area contributed by atoms with Crippen LogP contribution < -0.4 is 0 Å². The lowest BCUT2D eigenvalue weighted by atomic mass is 9.77. The van der Waals surface area contributed by atoms with E-state index in [0.29, 0.717) is 11.5 Å². The summed E-state index contributed by atoms with van der Waals surface area (Å²) in [5, 5.41) is 0. The fourth-order valence-electron chi connectivity index (χ4n) is 4.91. The SMILES string of the molecule is CCCC1CCC(c2ccc(C3=Cc4cc(F)ccc4CC3)c(F)c2)CC1. The Morgan fingerprint density at radius 2 is 1.74 bits per heavy atom. The summed E-state index contributed by atoms with van der Waals surface area (Å²) in [6, 6.07) is 10.7. The highest BCUT2D eigenvalue weighted by molar-refractivity contribution is 5.84. The molecule has 2 aromatic rings. The molecule has 2 aliphatic rings. The van der Waals surface area contributed by atoms with Crippen molar-refractivity contribution >= 4 is 11.6 Å². The van der Waals surface area contributed by atoms with Crippen molar-refractivity contribution in [1.82, 2.24) is 0 Å². The highest BCUT2D eigenvalue weighted by atomic mass is 19.1. The number of benzene rings is 2. The summed E-state index contributed by atoms with van der Waals surface area (Å²) >= 11 is 0. The van der Waals surface area contributed by atoms with Gasteiger partial charge in [0.05, 0.1) is 0 Å². The van der Waals surface area contributed by atoms with Gasteiger partial charge in [-0.1, -0.05) is 44.0 Å². The molecule has 0 spiro atoms. The molecule has 0 aliphatic heterocycles. The lowest BCUT2D eigenvalue weighted by Crippen LogP contribution is -2.13. The summed E-state index contributed by atoms with van der Waals surface area (Å²) in [5.41, 5.74) is 4.82. The van der Waals surface area contributed by atoms with Gasteiger partial charge in [-0.05, 0) is 90.8 Å². The Labute approximate surface area is 161 Å². The van der Waals surface area contributed by atoms with E-state index >= 15 is 0 Å². The number of hydrogen-bond acceptors (Lipinski definition) is 0. The number of fused-ring (bicyclic) bond motifs is 1. The Morgan fingerprint density at radius 1 is 0.926 bits per heavy atom. The number of allylic oxidation sites excluding steroid dienone is 1. The third-order valence-corrected chi connectivity index (χ3v) is 6.46. The van der Waals surface area contributed by atoms with E-state index in [1.165, 1.54) is 44.6 Å². The molecule has 4 rings (SSSR count). The Morgan fingerprint density at radius 3 is 2.48 bits per heavy atom. The highest BCUT2D eigenvalue weighted by Crippen LogP contribution is 2.39. The first-order chi connectivity index (χ1) is 13.1. The van der Waals surface area contributed by atoms with Gasteiger partial charge in [0.25, 0.3) is 0 Å². The first-order valence-corrected chi connectivity index (χ1v) is 10.4. The molecular formula is C25H28F2. The summed E-state index contributed by atoms with van der Waals surface area (Å²) in [5.74, 6) is 0.995. The molecule has 0 amide bonds. The molecule has 0 N–H and O–H groups in total. The van der Waals surface area contributed by atoms with E-state index in [4.69, 9.17) is 0 Å². The number of rotatable bonds is 4. The van der Waals surface area contributed by atoms with Gasteiger partial charge >= 0.3 is 0 Å². The molecule has 0 saturated heterocycles. The third-order valence-electron chi connectivity index (χ3n) is 6.46. The van der Waals surface area contributed by atoms with Crippen LogP contribution in [0.3, 0.4) is 0 Å². The van der Waals surface area contributed by atoms with Gasteiger partial charge in [-0.2, -0.15) is 0 Å². The third kappa shape index (κ3) is 4.00. The molecule has 0 aromatic heterocycles. The lowest BCUT2D eigenvalue weighted by molar-refractivity contribution is 0.308. The van der Waals surface area contributed by atoms with Gasteiger partial charge in [-0.25, -0.2) is 8.78 Å². The zero-order valence-corrected chi connectivity index (χ0v) is 16.1. The average molecular weight is 366 g/mol. The standard InChI is InChI=1S/C25H28F2/c1-2-3-17-4-6-18(7-5-17)20-11-13-24(25(27)16-20)21-9-8-19-10-12-23(26)15-22(19)14-21/h10-18H,2-9H2,1H3. The molecule has 0 heterocycles. The zero-order valence-electron chi connectivity index (χ0n) is 16.1. The Bertz CT molecular complexity index is 841. The highest BCUT2D eigenvalue weighted by Gasteiger charge is 2.23. The van der Waals surface area contributed by atoms with Crippen LogP contribution in [0.5, 0.6) is 0 Å². The maximum absolute atomic E-state index is 14.9. The van der Waals surface area contributed by atoms with Crippen molar-refractivity contribution < 1.29 is 8.78 Å². The minimum Gasteiger partial charge on any atom is -0.207 e.